The second-order valence-electron chi connectivity index (χ2n) is 4.63. The van der Waals surface area contributed by atoms with Crippen LogP contribution in [-0.4, -0.2) is 25.7 Å². The zero-order chi connectivity index (χ0) is 15.4. The zero-order valence-electron chi connectivity index (χ0n) is 11.6. The number of rotatable bonds is 4. The molecule has 0 unspecified atom stereocenters. The molecule has 0 aromatic carbocycles. The van der Waals surface area contributed by atoms with E-state index in [1.807, 2.05) is 12.1 Å². The van der Waals surface area contributed by atoms with Crippen molar-refractivity contribution in [1.29, 1.82) is 0 Å². The molecule has 0 aliphatic rings. The maximum atomic E-state index is 12.0. The summed E-state index contributed by atoms with van der Waals surface area (Å²) in [6.45, 7) is 0.551. The minimum Gasteiger partial charge on any atom is -0.328 e. The van der Waals surface area contributed by atoms with Gasteiger partial charge >= 0.3 is 0 Å². The summed E-state index contributed by atoms with van der Waals surface area (Å²) in [4.78, 5) is 30.1. The lowest BCUT2D eigenvalue weighted by Gasteiger charge is -2.02. The molecule has 0 bridgehead atoms. The molecular formula is C15H13N5O2. The van der Waals surface area contributed by atoms with Crippen LogP contribution in [0.1, 0.15) is 15.9 Å². The number of nitrogens with one attached hydrogen (secondary N) is 2. The fraction of sp³-hybridized carbons (Fsp3) is 0.0667. The predicted octanol–water partition coefficient (Wildman–Crippen LogP) is 1.27. The molecule has 0 aliphatic heterocycles. The number of hydrogen-bond donors (Lipinski definition) is 2. The van der Waals surface area contributed by atoms with Crippen molar-refractivity contribution in [3.8, 4) is 0 Å². The Kier molecular flexibility index (Phi) is 3.78. The van der Waals surface area contributed by atoms with Crippen molar-refractivity contribution in [2.45, 2.75) is 6.54 Å². The molecule has 0 atom stereocenters. The van der Waals surface area contributed by atoms with Crippen LogP contribution >= 0.6 is 0 Å². The number of anilines is 1. The molecule has 0 radical (unpaired) electrons. The van der Waals surface area contributed by atoms with Crippen LogP contribution in [0.4, 0.5) is 5.82 Å². The molecule has 0 saturated heterocycles. The summed E-state index contributed by atoms with van der Waals surface area (Å²) in [6, 6.07) is 8.52. The number of pyridine rings is 2. The van der Waals surface area contributed by atoms with Crippen LogP contribution in [0.5, 0.6) is 0 Å². The number of carbonyl (C=O) groups is 1. The monoisotopic (exact) mass is 295 g/mol. The number of aromatic amines is 1. The lowest BCUT2D eigenvalue weighted by atomic mass is 10.2. The number of aromatic nitrogens is 4. The molecule has 3 aromatic rings. The van der Waals surface area contributed by atoms with E-state index in [0.717, 1.165) is 5.56 Å². The third kappa shape index (κ3) is 3.09. The summed E-state index contributed by atoms with van der Waals surface area (Å²) in [5, 5.41) is 6.84. The molecular weight excluding hydrogens is 282 g/mol. The Morgan fingerprint density at radius 3 is 2.95 bits per heavy atom. The molecule has 3 rings (SSSR count). The van der Waals surface area contributed by atoms with Crippen molar-refractivity contribution in [3.05, 3.63) is 76.6 Å². The Hall–Kier alpha value is -3.22. The number of hydrogen-bond acceptors (Lipinski definition) is 4. The van der Waals surface area contributed by atoms with Gasteiger partial charge in [0.2, 0.25) is 0 Å². The summed E-state index contributed by atoms with van der Waals surface area (Å²) in [5.74, 6) is -0.106. The van der Waals surface area contributed by atoms with Crippen molar-refractivity contribution >= 4 is 11.7 Å². The fourth-order valence-electron chi connectivity index (χ4n) is 1.98. The average Bonchev–Trinajstić information content (AvgIpc) is 2.95. The van der Waals surface area contributed by atoms with Crippen molar-refractivity contribution in [3.63, 3.8) is 0 Å². The van der Waals surface area contributed by atoms with Crippen LogP contribution < -0.4 is 10.9 Å². The third-order valence-corrected chi connectivity index (χ3v) is 3.01. The largest absolute Gasteiger partial charge is 0.328 e. The molecule has 7 heteroatoms. The van der Waals surface area contributed by atoms with Crippen LogP contribution in [0.3, 0.4) is 0 Å². The molecule has 1 amide bonds. The molecule has 3 aromatic heterocycles. The first-order valence-corrected chi connectivity index (χ1v) is 6.64. The van der Waals surface area contributed by atoms with Gasteiger partial charge in [0.15, 0.2) is 5.82 Å². The van der Waals surface area contributed by atoms with E-state index >= 15 is 0 Å². The molecule has 0 fully saturated rings. The quantitative estimate of drug-likeness (QED) is 0.758. The Labute approximate surface area is 125 Å². The molecule has 0 spiro atoms. The summed E-state index contributed by atoms with van der Waals surface area (Å²) < 4.78 is 1.68. The molecule has 22 heavy (non-hydrogen) atoms. The highest BCUT2D eigenvalue weighted by Gasteiger charge is 2.11. The Balaban J connectivity index is 1.71. The Bertz CT molecular complexity index is 838. The standard InChI is InChI=1S/C15H13N5O2/c21-14-12(4-2-7-17-14)15(22)18-13-5-8-20(19-13)10-11-3-1-6-16-9-11/h1-9H,10H2,(H,17,21)(H,18,19,22). The summed E-state index contributed by atoms with van der Waals surface area (Å²) in [5.41, 5.74) is 0.613. The predicted molar refractivity (Wildman–Crippen MR) is 80.6 cm³/mol. The second-order valence-corrected chi connectivity index (χ2v) is 4.63. The van der Waals surface area contributed by atoms with Gasteiger partial charge in [0.05, 0.1) is 6.54 Å². The van der Waals surface area contributed by atoms with E-state index in [1.54, 1.807) is 35.4 Å². The van der Waals surface area contributed by atoms with Crippen LogP contribution in [0.2, 0.25) is 0 Å². The molecule has 0 aliphatic carbocycles. The van der Waals surface area contributed by atoms with Crippen LogP contribution in [-0.2, 0) is 6.54 Å². The molecule has 110 valence electrons. The third-order valence-electron chi connectivity index (χ3n) is 3.01. The van der Waals surface area contributed by atoms with Gasteiger partial charge in [-0.15, -0.1) is 0 Å². The first-order chi connectivity index (χ1) is 10.7. The van der Waals surface area contributed by atoms with Gasteiger partial charge in [0, 0.05) is 30.9 Å². The van der Waals surface area contributed by atoms with Gasteiger partial charge in [-0.2, -0.15) is 5.10 Å². The van der Waals surface area contributed by atoms with E-state index < -0.39 is 11.5 Å². The van der Waals surface area contributed by atoms with E-state index in [2.05, 4.69) is 20.4 Å². The SMILES string of the molecule is O=C(Nc1ccn(Cc2cccnc2)n1)c1ccc[nH]c1=O. The van der Waals surface area contributed by atoms with Crippen molar-refractivity contribution in [1.82, 2.24) is 19.7 Å². The summed E-state index contributed by atoms with van der Waals surface area (Å²) in [7, 11) is 0. The van der Waals surface area contributed by atoms with Crippen LogP contribution in [0.15, 0.2) is 59.9 Å². The maximum Gasteiger partial charge on any atom is 0.262 e. The summed E-state index contributed by atoms with van der Waals surface area (Å²) >= 11 is 0. The first kappa shape index (κ1) is 13.7. The van der Waals surface area contributed by atoms with Gasteiger partial charge in [0.1, 0.15) is 5.56 Å². The number of carbonyl (C=O) groups excluding carboxylic acids is 1. The van der Waals surface area contributed by atoms with Crippen LogP contribution in [0, 0.1) is 0 Å². The van der Waals surface area contributed by atoms with Gasteiger partial charge in [-0.05, 0) is 23.8 Å². The van der Waals surface area contributed by atoms with E-state index in [-0.39, 0.29) is 5.56 Å². The highest BCUT2D eigenvalue weighted by molar-refractivity contribution is 6.03. The normalized spacial score (nSPS) is 10.4. The molecule has 3 heterocycles. The average molecular weight is 295 g/mol. The summed E-state index contributed by atoms with van der Waals surface area (Å²) in [6.07, 6.45) is 6.68. The Morgan fingerprint density at radius 1 is 1.27 bits per heavy atom. The second kappa shape index (κ2) is 6.04. The molecule has 0 saturated carbocycles. The minimum atomic E-state index is -0.492. The van der Waals surface area contributed by atoms with Gasteiger partial charge in [-0.25, -0.2) is 0 Å². The fourth-order valence-corrected chi connectivity index (χ4v) is 1.98. The lowest BCUT2D eigenvalue weighted by molar-refractivity contribution is 0.102. The smallest absolute Gasteiger partial charge is 0.262 e. The maximum absolute atomic E-state index is 12.0. The van der Waals surface area contributed by atoms with Crippen LogP contribution in [0.25, 0.3) is 0 Å². The van der Waals surface area contributed by atoms with E-state index in [1.165, 1.54) is 12.3 Å². The number of nitrogens with zero attached hydrogens (tertiary/aromatic N) is 3. The highest BCUT2D eigenvalue weighted by atomic mass is 16.2. The molecule has 2 N–H and O–H groups in total. The van der Waals surface area contributed by atoms with E-state index in [0.29, 0.717) is 12.4 Å². The first-order valence-electron chi connectivity index (χ1n) is 6.64. The number of H-pyrrole nitrogens is 1. The Morgan fingerprint density at radius 2 is 2.18 bits per heavy atom. The van der Waals surface area contributed by atoms with Gasteiger partial charge in [-0.1, -0.05) is 6.07 Å². The lowest BCUT2D eigenvalue weighted by Crippen LogP contribution is -2.22. The van der Waals surface area contributed by atoms with E-state index in [4.69, 9.17) is 0 Å². The van der Waals surface area contributed by atoms with E-state index in [9.17, 15) is 9.59 Å². The van der Waals surface area contributed by atoms with Crippen molar-refractivity contribution in [2.75, 3.05) is 5.32 Å². The van der Waals surface area contributed by atoms with Crippen molar-refractivity contribution < 1.29 is 4.79 Å². The number of amides is 1. The minimum absolute atomic E-state index is 0.0457. The van der Waals surface area contributed by atoms with Gasteiger partial charge < -0.3 is 10.3 Å². The topological polar surface area (TPSA) is 92.7 Å². The van der Waals surface area contributed by atoms with Gasteiger partial charge in [0.25, 0.3) is 11.5 Å². The zero-order valence-corrected chi connectivity index (χ0v) is 11.6. The molecule has 7 nitrogen and oxygen atoms in total. The highest BCUT2D eigenvalue weighted by Crippen LogP contribution is 2.06. The van der Waals surface area contributed by atoms with Crippen molar-refractivity contribution in [2.24, 2.45) is 0 Å². The van der Waals surface area contributed by atoms with Gasteiger partial charge in [-0.3, -0.25) is 19.3 Å².